The number of hydrogen-bond donors (Lipinski definition) is 0. The number of carbonyl (C=O) groups excluding carboxylic acids is 1. The van der Waals surface area contributed by atoms with E-state index in [-0.39, 0.29) is 16.1 Å². The highest BCUT2D eigenvalue weighted by Crippen LogP contribution is 2.31. The summed E-state index contributed by atoms with van der Waals surface area (Å²) < 4.78 is 25.3. The minimum absolute atomic E-state index is 0.0341. The lowest BCUT2D eigenvalue weighted by Crippen LogP contribution is -2.00. The van der Waals surface area contributed by atoms with E-state index in [0.717, 1.165) is 0 Å². The molecule has 0 unspecified atom stereocenters. The first kappa shape index (κ1) is 11.6. The molecule has 0 aromatic heterocycles. The summed E-state index contributed by atoms with van der Waals surface area (Å²) in [6, 6.07) is 2.42. The number of halogens is 4. The molecule has 0 aliphatic heterocycles. The van der Waals surface area contributed by atoms with Crippen LogP contribution in [0.5, 0.6) is 0 Å². The van der Waals surface area contributed by atoms with Crippen molar-refractivity contribution in [1.82, 2.24) is 0 Å². The standard InChI is InChI=1S/C9H6BrClF2O/c1-4(14)5-3-8(11)7(10)2-6(5)9(12)13/h2-3,9H,1H3. The summed E-state index contributed by atoms with van der Waals surface area (Å²) in [7, 11) is 0. The molecule has 0 fully saturated rings. The Bertz CT molecular complexity index is 379. The molecular formula is C9H6BrClF2O. The van der Waals surface area contributed by atoms with E-state index in [1.54, 1.807) is 0 Å². The lowest BCUT2D eigenvalue weighted by molar-refractivity contribution is 0.0999. The predicted molar refractivity (Wildman–Crippen MR) is 54.1 cm³/mol. The lowest BCUT2D eigenvalue weighted by Gasteiger charge is -2.07. The molecule has 1 nitrogen and oxygen atoms in total. The van der Waals surface area contributed by atoms with Crippen LogP contribution in [0, 0.1) is 0 Å². The molecule has 5 heteroatoms. The largest absolute Gasteiger partial charge is 0.294 e. The van der Waals surface area contributed by atoms with Crippen LogP contribution in [0.3, 0.4) is 0 Å². The Morgan fingerprint density at radius 3 is 2.50 bits per heavy atom. The highest BCUT2D eigenvalue weighted by Gasteiger charge is 2.17. The van der Waals surface area contributed by atoms with E-state index >= 15 is 0 Å². The van der Waals surface area contributed by atoms with Crippen LogP contribution in [0.15, 0.2) is 16.6 Å². The number of hydrogen-bond acceptors (Lipinski definition) is 1. The van der Waals surface area contributed by atoms with Gasteiger partial charge in [0.1, 0.15) is 0 Å². The number of rotatable bonds is 2. The zero-order valence-electron chi connectivity index (χ0n) is 7.15. The van der Waals surface area contributed by atoms with Gasteiger partial charge in [0, 0.05) is 15.6 Å². The van der Waals surface area contributed by atoms with Crippen molar-refractivity contribution in [2.75, 3.05) is 0 Å². The Balaban J connectivity index is 3.39. The zero-order chi connectivity index (χ0) is 10.9. The summed E-state index contributed by atoms with van der Waals surface area (Å²) in [4.78, 5) is 11.0. The maximum Gasteiger partial charge on any atom is 0.264 e. The average molecular weight is 283 g/mol. The Kier molecular flexibility index (Phi) is 3.61. The Labute approximate surface area is 93.2 Å². The van der Waals surface area contributed by atoms with Crippen molar-refractivity contribution in [3.63, 3.8) is 0 Å². The van der Waals surface area contributed by atoms with Crippen molar-refractivity contribution in [3.05, 3.63) is 32.8 Å². The lowest BCUT2D eigenvalue weighted by atomic mass is 10.1. The van der Waals surface area contributed by atoms with Crippen LogP contribution >= 0.6 is 27.5 Å². The summed E-state index contributed by atoms with van der Waals surface area (Å²) in [5.74, 6) is -0.422. The third kappa shape index (κ3) is 2.30. The topological polar surface area (TPSA) is 17.1 Å². The summed E-state index contributed by atoms with van der Waals surface area (Å²) >= 11 is 8.71. The molecule has 0 saturated carbocycles. The van der Waals surface area contributed by atoms with E-state index in [1.165, 1.54) is 19.1 Å². The molecule has 0 N–H and O–H groups in total. The molecule has 0 atom stereocenters. The maximum atomic E-state index is 12.5. The second-order valence-corrected chi connectivity index (χ2v) is 3.97. The smallest absolute Gasteiger partial charge is 0.264 e. The molecule has 0 radical (unpaired) electrons. The predicted octanol–water partition coefficient (Wildman–Crippen LogP) is 4.24. The van der Waals surface area contributed by atoms with E-state index < -0.39 is 12.2 Å². The number of benzene rings is 1. The van der Waals surface area contributed by atoms with Crippen LogP contribution in [0.4, 0.5) is 8.78 Å². The first-order chi connectivity index (χ1) is 6.43. The third-order valence-corrected chi connectivity index (χ3v) is 2.90. The van der Waals surface area contributed by atoms with Gasteiger partial charge in [-0.3, -0.25) is 4.79 Å². The molecule has 0 aliphatic carbocycles. The minimum Gasteiger partial charge on any atom is -0.294 e. The van der Waals surface area contributed by atoms with Gasteiger partial charge in [0.25, 0.3) is 6.43 Å². The number of ketones is 1. The normalized spacial score (nSPS) is 10.7. The van der Waals surface area contributed by atoms with E-state index in [1.807, 2.05) is 0 Å². The summed E-state index contributed by atoms with van der Waals surface area (Å²) in [5, 5.41) is 0.250. The van der Waals surface area contributed by atoms with Crippen molar-refractivity contribution in [1.29, 1.82) is 0 Å². The molecule has 0 bridgehead atoms. The molecule has 1 aromatic rings. The van der Waals surface area contributed by atoms with Crippen LogP contribution in [0.25, 0.3) is 0 Å². The summed E-state index contributed by atoms with van der Waals surface area (Å²) in [6.07, 6.45) is -2.68. The molecule has 76 valence electrons. The molecule has 0 amide bonds. The monoisotopic (exact) mass is 282 g/mol. The Hall–Kier alpha value is -0.480. The molecule has 0 saturated heterocycles. The van der Waals surface area contributed by atoms with Gasteiger partial charge in [0.15, 0.2) is 5.78 Å². The molecule has 1 rings (SSSR count). The number of alkyl halides is 2. The SMILES string of the molecule is CC(=O)c1cc(Cl)c(Br)cc1C(F)F. The zero-order valence-corrected chi connectivity index (χ0v) is 9.49. The van der Waals surface area contributed by atoms with Gasteiger partial charge in [-0.2, -0.15) is 0 Å². The maximum absolute atomic E-state index is 12.5. The van der Waals surface area contributed by atoms with Gasteiger partial charge in [-0.1, -0.05) is 11.6 Å². The van der Waals surface area contributed by atoms with E-state index in [2.05, 4.69) is 15.9 Å². The highest BCUT2D eigenvalue weighted by atomic mass is 79.9. The molecule has 0 aliphatic rings. The highest BCUT2D eigenvalue weighted by molar-refractivity contribution is 9.10. The Morgan fingerprint density at radius 1 is 1.50 bits per heavy atom. The third-order valence-electron chi connectivity index (χ3n) is 1.71. The van der Waals surface area contributed by atoms with Gasteiger partial charge >= 0.3 is 0 Å². The van der Waals surface area contributed by atoms with E-state index in [9.17, 15) is 13.6 Å². The van der Waals surface area contributed by atoms with Crippen molar-refractivity contribution >= 4 is 33.3 Å². The first-order valence-corrected chi connectivity index (χ1v) is 4.88. The van der Waals surface area contributed by atoms with Gasteiger partial charge in [-0.15, -0.1) is 0 Å². The van der Waals surface area contributed by atoms with Gasteiger partial charge in [0.05, 0.1) is 5.02 Å². The van der Waals surface area contributed by atoms with Crippen LogP contribution < -0.4 is 0 Å². The summed E-state index contributed by atoms with van der Waals surface area (Å²) in [6.45, 7) is 1.23. The van der Waals surface area contributed by atoms with Crippen LogP contribution in [-0.2, 0) is 0 Å². The van der Waals surface area contributed by atoms with Crippen LogP contribution in [-0.4, -0.2) is 5.78 Å². The van der Waals surface area contributed by atoms with Crippen molar-refractivity contribution in [2.45, 2.75) is 13.3 Å². The average Bonchev–Trinajstić information content (AvgIpc) is 2.08. The second kappa shape index (κ2) is 4.36. The van der Waals surface area contributed by atoms with Crippen LogP contribution in [0.2, 0.25) is 5.02 Å². The molecule has 14 heavy (non-hydrogen) atoms. The van der Waals surface area contributed by atoms with Crippen molar-refractivity contribution < 1.29 is 13.6 Å². The molecule has 0 spiro atoms. The van der Waals surface area contributed by atoms with Gasteiger partial charge in [-0.05, 0) is 35.0 Å². The van der Waals surface area contributed by atoms with Crippen LogP contribution in [0.1, 0.15) is 29.3 Å². The second-order valence-electron chi connectivity index (χ2n) is 2.71. The van der Waals surface area contributed by atoms with Gasteiger partial charge in [0.2, 0.25) is 0 Å². The fourth-order valence-electron chi connectivity index (χ4n) is 1.05. The Morgan fingerprint density at radius 2 is 2.07 bits per heavy atom. The minimum atomic E-state index is -2.68. The quantitative estimate of drug-likeness (QED) is 0.742. The summed E-state index contributed by atoms with van der Waals surface area (Å²) in [5.41, 5.74) is -0.332. The van der Waals surface area contributed by atoms with Crippen molar-refractivity contribution in [2.24, 2.45) is 0 Å². The van der Waals surface area contributed by atoms with E-state index in [4.69, 9.17) is 11.6 Å². The fourth-order valence-corrected chi connectivity index (χ4v) is 1.57. The fraction of sp³-hybridized carbons (Fsp3) is 0.222. The molecule has 1 aromatic carbocycles. The van der Waals surface area contributed by atoms with Crippen molar-refractivity contribution in [3.8, 4) is 0 Å². The number of carbonyl (C=O) groups is 1. The van der Waals surface area contributed by atoms with Gasteiger partial charge in [-0.25, -0.2) is 8.78 Å². The van der Waals surface area contributed by atoms with E-state index in [0.29, 0.717) is 4.47 Å². The molecule has 0 heterocycles. The first-order valence-electron chi connectivity index (χ1n) is 3.71. The van der Waals surface area contributed by atoms with Gasteiger partial charge < -0.3 is 0 Å². The molecular weight excluding hydrogens is 277 g/mol. The number of Topliss-reactive ketones (excluding diaryl/α,β-unsaturated/α-hetero) is 1.